The summed E-state index contributed by atoms with van der Waals surface area (Å²) in [6, 6.07) is 7.34. The zero-order valence-corrected chi connectivity index (χ0v) is 19.0. The lowest BCUT2D eigenvalue weighted by molar-refractivity contribution is -0.131. The van der Waals surface area contributed by atoms with Gasteiger partial charge in [-0.1, -0.05) is 24.6 Å². The molecule has 8 heteroatoms. The zero-order valence-electron chi connectivity index (χ0n) is 19.0. The van der Waals surface area contributed by atoms with Crippen molar-refractivity contribution in [1.82, 2.24) is 25.4 Å². The average molecular weight is 452 g/mol. The molecule has 3 N–H and O–H groups in total. The fourth-order valence-electron chi connectivity index (χ4n) is 5.82. The summed E-state index contributed by atoms with van der Waals surface area (Å²) in [4.78, 5) is 44.9. The molecule has 8 nitrogen and oxygen atoms in total. The van der Waals surface area contributed by atoms with Gasteiger partial charge in [-0.2, -0.15) is 0 Å². The number of H-pyrrole nitrogens is 1. The molecule has 0 saturated carbocycles. The summed E-state index contributed by atoms with van der Waals surface area (Å²) in [5.41, 5.74) is 2.10. The Hall–Kier alpha value is -2.87. The highest BCUT2D eigenvalue weighted by atomic mass is 16.2. The number of hydrogen-bond donors (Lipinski definition) is 3. The number of nitrogens with zero attached hydrogens (tertiary/aromatic N) is 2. The van der Waals surface area contributed by atoms with Gasteiger partial charge < -0.3 is 20.5 Å². The number of fused-ring (bicyclic) bond motifs is 2. The Labute approximate surface area is 194 Å². The van der Waals surface area contributed by atoms with Crippen LogP contribution in [-0.2, 0) is 16.0 Å². The number of nitrogens with one attached hydrogen (secondary N) is 3. The summed E-state index contributed by atoms with van der Waals surface area (Å²) in [5.74, 6) is -0.00397. The number of urea groups is 1. The molecule has 2 aromatic rings. The Morgan fingerprint density at radius 2 is 1.94 bits per heavy atom. The summed E-state index contributed by atoms with van der Waals surface area (Å²) in [6.07, 6.45) is 8.56. The van der Waals surface area contributed by atoms with Gasteiger partial charge in [0, 0.05) is 36.2 Å². The maximum atomic E-state index is 12.8. The molecule has 0 radical (unpaired) electrons. The van der Waals surface area contributed by atoms with E-state index in [1.54, 1.807) is 0 Å². The summed E-state index contributed by atoms with van der Waals surface area (Å²) < 4.78 is 0. The summed E-state index contributed by atoms with van der Waals surface area (Å²) in [6.45, 7) is 3.29. The molecular weight excluding hydrogens is 418 g/mol. The van der Waals surface area contributed by atoms with Crippen LogP contribution in [0, 0.1) is 5.92 Å². The quantitative estimate of drug-likeness (QED) is 0.563. The van der Waals surface area contributed by atoms with Crippen molar-refractivity contribution in [2.24, 2.45) is 5.92 Å². The number of piperidine rings is 2. The van der Waals surface area contributed by atoms with Crippen molar-refractivity contribution in [3.05, 3.63) is 36.0 Å². The summed E-state index contributed by atoms with van der Waals surface area (Å²) >= 11 is 0. The SMILES string of the molecule is O=C(C[C@@H]1NC(=O)N(CCc2c[nH]c3ccccc23)C1=O)NC[C@H]1CCCN2CCCC[C@@H]12. The van der Waals surface area contributed by atoms with Crippen LogP contribution < -0.4 is 10.6 Å². The van der Waals surface area contributed by atoms with E-state index in [9.17, 15) is 14.4 Å². The molecule has 1 aromatic carbocycles. The van der Waals surface area contributed by atoms with Gasteiger partial charge in [0.05, 0.1) is 6.42 Å². The van der Waals surface area contributed by atoms with E-state index in [1.807, 2.05) is 30.5 Å². The van der Waals surface area contributed by atoms with E-state index in [0.29, 0.717) is 31.5 Å². The number of hydrogen-bond acceptors (Lipinski definition) is 4. The number of amides is 4. The van der Waals surface area contributed by atoms with E-state index < -0.39 is 12.1 Å². The average Bonchev–Trinajstić information content (AvgIpc) is 3.36. The maximum Gasteiger partial charge on any atom is 0.324 e. The third kappa shape index (κ3) is 4.62. The van der Waals surface area contributed by atoms with E-state index in [4.69, 9.17) is 0 Å². The van der Waals surface area contributed by atoms with E-state index in [1.165, 1.54) is 43.7 Å². The predicted octanol–water partition coefficient (Wildman–Crippen LogP) is 2.40. The third-order valence-electron chi connectivity index (χ3n) is 7.57. The highest BCUT2D eigenvalue weighted by Gasteiger charge is 2.39. The molecule has 1 aromatic heterocycles. The van der Waals surface area contributed by atoms with Crippen LogP contribution in [0.25, 0.3) is 10.9 Å². The van der Waals surface area contributed by atoms with Crippen LogP contribution >= 0.6 is 0 Å². The van der Waals surface area contributed by atoms with Gasteiger partial charge in [-0.05, 0) is 62.7 Å². The molecule has 33 heavy (non-hydrogen) atoms. The molecule has 3 aliphatic rings. The zero-order chi connectivity index (χ0) is 22.8. The largest absolute Gasteiger partial charge is 0.361 e. The standard InChI is InChI=1S/C25H33N5O3/c31-23(27-16-18-6-5-12-29-11-4-3-9-22(18)29)14-21-24(32)30(25(33)28-21)13-10-17-15-26-20-8-2-1-7-19(17)20/h1-2,7-8,15,18,21-22,26H,3-6,9-14,16H2,(H,27,31)(H,28,33)/t18-,21+,22+/m1/s1. The van der Waals surface area contributed by atoms with E-state index in [-0.39, 0.29) is 18.2 Å². The monoisotopic (exact) mass is 451 g/mol. The molecule has 176 valence electrons. The Bertz CT molecular complexity index is 1030. The number of aromatic amines is 1. The van der Waals surface area contributed by atoms with Crippen molar-refractivity contribution in [3.63, 3.8) is 0 Å². The number of para-hydroxylation sites is 1. The molecule has 3 aliphatic heterocycles. The lowest BCUT2D eigenvalue weighted by Gasteiger charge is -2.44. The first-order valence-corrected chi connectivity index (χ1v) is 12.3. The molecule has 0 bridgehead atoms. The molecule has 3 fully saturated rings. The second kappa shape index (κ2) is 9.55. The number of rotatable bonds is 7. The fraction of sp³-hybridized carbons (Fsp3) is 0.560. The van der Waals surface area contributed by atoms with Gasteiger partial charge in [-0.3, -0.25) is 14.5 Å². The Balaban J connectivity index is 1.12. The summed E-state index contributed by atoms with van der Waals surface area (Å²) in [5, 5.41) is 6.84. The van der Waals surface area contributed by atoms with Gasteiger partial charge in [0.2, 0.25) is 5.91 Å². The Kier molecular flexibility index (Phi) is 6.35. The summed E-state index contributed by atoms with van der Waals surface area (Å²) in [7, 11) is 0. The van der Waals surface area contributed by atoms with Crippen LogP contribution in [0.15, 0.2) is 30.5 Å². The van der Waals surface area contributed by atoms with Crippen molar-refractivity contribution in [2.75, 3.05) is 26.2 Å². The van der Waals surface area contributed by atoms with E-state index in [2.05, 4.69) is 20.5 Å². The molecule has 3 saturated heterocycles. The van der Waals surface area contributed by atoms with Crippen molar-refractivity contribution < 1.29 is 14.4 Å². The minimum Gasteiger partial charge on any atom is -0.361 e. The van der Waals surface area contributed by atoms with Gasteiger partial charge in [0.15, 0.2) is 0 Å². The number of benzene rings is 1. The van der Waals surface area contributed by atoms with Crippen LogP contribution in [0.1, 0.15) is 44.1 Å². The molecule has 0 aliphatic carbocycles. The second-order valence-corrected chi connectivity index (χ2v) is 9.61. The van der Waals surface area contributed by atoms with Gasteiger partial charge >= 0.3 is 6.03 Å². The van der Waals surface area contributed by atoms with Crippen LogP contribution in [-0.4, -0.2) is 70.9 Å². The van der Waals surface area contributed by atoms with Crippen LogP contribution in [0.5, 0.6) is 0 Å². The molecule has 5 rings (SSSR count). The number of imide groups is 1. The molecule has 4 heterocycles. The van der Waals surface area contributed by atoms with Gasteiger partial charge in [-0.25, -0.2) is 4.79 Å². The Morgan fingerprint density at radius 3 is 2.85 bits per heavy atom. The van der Waals surface area contributed by atoms with E-state index >= 15 is 0 Å². The first kappa shape index (κ1) is 21.9. The predicted molar refractivity (Wildman–Crippen MR) is 126 cm³/mol. The fourth-order valence-corrected chi connectivity index (χ4v) is 5.82. The van der Waals surface area contributed by atoms with Gasteiger partial charge in [-0.15, -0.1) is 0 Å². The van der Waals surface area contributed by atoms with Gasteiger partial charge in [0.1, 0.15) is 6.04 Å². The van der Waals surface area contributed by atoms with Crippen LogP contribution in [0.3, 0.4) is 0 Å². The number of carbonyl (C=O) groups excluding carboxylic acids is 3. The first-order chi connectivity index (χ1) is 16.1. The molecule has 3 atom stereocenters. The molecular formula is C25H33N5O3. The van der Waals surface area contributed by atoms with Crippen molar-refractivity contribution in [1.29, 1.82) is 0 Å². The highest BCUT2D eigenvalue weighted by Crippen LogP contribution is 2.30. The lowest BCUT2D eigenvalue weighted by atomic mass is 9.83. The minimum absolute atomic E-state index is 0.00470. The van der Waals surface area contributed by atoms with Crippen LogP contribution in [0.2, 0.25) is 0 Å². The second-order valence-electron chi connectivity index (χ2n) is 9.61. The number of carbonyl (C=O) groups is 3. The highest BCUT2D eigenvalue weighted by molar-refractivity contribution is 6.05. The Morgan fingerprint density at radius 1 is 1.09 bits per heavy atom. The topological polar surface area (TPSA) is 97.5 Å². The van der Waals surface area contributed by atoms with Crippen molar-refractivity contribution >= 4 is 28.7 Å². The van der Waals surface area contributed by atoms with Crippen molar-refractivity contribution in [3.8, 4) is 0 Å². The van der Waals surface area contributed by atoms with E-state index in [0.717, 1.165) is 22.9 Å². The minimum atomic E-state index is -0.780. The lowest BCUT2D eigenvalue weighted by Crippen LogP contribution is -2.51. The number of aromatic nitrogens is 1. The first-order valence-electron chi connectivity index (χ1n) is 12.3. The van der Waals surface area contributed by atoms with Gasteiger partial charge in [0.25, 0.3) is 5.91 Å². The maximum absolute atomic E-state index is 12.8. The molecule has 4 amide bonds. The van der Waals surface area contributed by atoms with Crippen molar-refractivity contribution in [2.45, 2.75) is 57.0 Å². The third-order valence-corrected chi connectivity index (χ3v) is 7.57. The smallest absolute Gasteiger partial charge is 0.324 e. The normalized spacial score (nSPS) is 25.8. The van der Waals surface area contributed by atoms with Crippen LogP contribution in [0.4, 0.5) is 4.79 Å². The molecule has 0 unspecified atom stereocenters. The molecule has 0 spiro atoms.